The molecule has 110 valence electrons. The van der Waals surface area contributed by atoms with E-state index < -0.39 is 0 Å². The van der Waals surface area contributed by atoms with Crippen LogP contribution >= 0.6 is 0 Å². The minimum atomic E-state index is -0.0465. The van der Waals surface area contributed by atoms with E-state index in [0.717, 1.165) is 18.2 Å². The molecule has 20 heavy (non-hydrogen) atoms. The number of benzene rings is 1. The van der Waals surface area contributed by atoms with Gasteiger partial charge >= 0.3 is 0 Å². The molecule has 2 rings (SSSR count). The Bertz CT molecular complexity index is 473. The van der Waals surface area contributed by atoms with Gasteiger partial charge in [0.2, 0.25) is 0 Å². The molecule has 4 heteroatoms. The van der Waals surface area contributed by atoms with E-state index in [9.17, 15) is 4.79 Å². The monoisotopic (exact) mass is 275 g/mol. The van der Waals surface area contributed by atoms with E-state index in [1.807, 2.05) is 13.0 Å². The molecule has 1 amide bonds. The molecule has 0 bridgehead atoms. The predicted molar refractivity (Wildman–Crippen MR) is 83.9 cm³/mol. The number of nitrogens with one attached hydrogen (secondary N) is 2. The fraction of sp³-hybridized carbons (Fsp3) is 0.562. The van der Waals surface area contributed by atoms with Crippen LogP contribution in [0.2, 0.25) is 0 Å². The van der Waals surface area contributed by atoms with Crippen molar-refractivity contribution < 1.29 is 4.79 Å². The van der Waals surface area contributed by atoms with Gasteiger partial charge in [-0.3, -0.25) is 4.79 Å². The zero-order chi connectivity index (χ0) is 14.5. The molecule has 1 fully saturated rings. The van der Waals surface area contributed by atoms with Crippen molar-refractivity contribution in [2.75, 3.05) is 24.1 Å². The molecule has 0 radical (unpaired) electrons. The lowest BCUT2D eigenvalue weighted by Crippen LogP contribution is -2.24. The third kappa shape index (κ3) is 3.65. The summed E-state index contributed by atoms with van der Waals surface area (Å²) < 4.78 is 0. The van der Waals surface area contributed by atoms with E-state index in [0.29, 0.717) is 23.7 Å². The fourth-order valence-corrected chi connectivity index (χ4v) is 2.93. The summed E-state index contributed by atoms with van der Waals surface area (Å²) in [6, 6.07) is 5.41. The lowest BCUT2D eigenvalue weighted by molar-refractivity contribution is 0.0956. The summed E-state index contributed by atoms with van der Waals surface area (Å²) in [5.41, 5.74) is 8.03. The number of hydrogen-bond acceptors (Lipinski definition) is 3. The van der Waals surface area contributed by atoms with Crippen LogP contribution in [0.15, 0.2) is 18.2 Å². The van der Waals surface area contributed by atoms with Gasteiger partial charge in [0.25, 0.3) is 5.91 Å². The Kier molecular flexibility index (Phi) is 4.88. The van der Waals surface area contributed by atoms with Crippen LogP contribution in [0.5, 0.6) is 0 Å². The number of hydrogen-bond donors (Lipinski definition) is 3. The summed E-state index contributed by atoms with van der Waals surface area (Å²) >= 11 is 0. The molecule has 1 aromatic rings. The highest BCUT2D eigenvalue weighted by Crippen LogP contribution is 2.31. The van der Waals surface area contributed by atoms with Crippen molar-refractivity contribution in [1.29, 1.82) is 0 Å². The summed E-state index contributed by atoms with van der Waals surface area (Å²) in [6.45, 7) is 5.77. The zero-order valence-corrected chi connectivity index (χ0v) is 12.4. The summed E-state index contributed by atoms with van der Waals surface area (Å²) in [7, 11) is 0. The second kappa shape index (κ2) is 6.64. The van der Waals surface area contributed by atoms with Gasteiger partial charge in [0, 0.05) is 24.5 Å². The van der Waals surface area contributed by atoms with E-state index in [2.05, 4.69) is 17.6 Å². The average molecular weight is 275 g/mol. The smallest absolute Gasteiger partial charge is 0.253 e. The van der Waals surface area contributed by atoms with Gasteiger partial charge in [-0.2, -0.15) is 0 Å². The summed E-state index contributed by atoms with van der Waals surface area (Å²) in [5.74, 6) is 1.48. The van der Waals surface area contributed by atoms with Gasteiger partial charge in [-0.15, -0.1) is 0 Å². The Labute approximate surface area is 121 Å². The lowest BCUT2D eigenvalue weighted by atomic mass is 10.1. The topological polar surface area (TPSA) is 67.2 Å². The van der Waals surface area contributed by atoms with Crippen LogP contribution in [-0.4, -0.2) is 19.0 Å². The molecule has 4 N–H and O–H groups in total. The second-order valence-electron chi connectivity index (χ2n) is 5.83. The van der Waals surface area contributed by atoms with Crippen LogP contribution in [0.25, 0.3) is 0 Å². The molecular formula is C16H25N3O. The summed E-state index contributed by atoms with van der Waals surface area (Å²) in [4.78, 5) is 12.0. The van der Waals surface area contributed by atoms with Crippen molar-refractivity contribution in [3.63, 3.8) is 0 Å². The van der Waals surface area contributed by atoms with Crippen molar-refractivity contribution in [2.45, 2.75) is 33.1 Å². The Morgan fingerprint density at radius 3 is 2.85 bits per heavy atom. The van der Waals surface area contributed by atoms with Crippen molar-refractivity contribution >= 4 is 17.3 Å². The number of amides is 1. The highest BCUT2D eigenvalue weighted by Gasteiger charge is 2.21. The highest BCUT2D eigenvalue weighted by molar-refractivity contribution is 6.00. The van der Waals surface area contributed by atoms with Gasteiger partial charge in [-0.05, 0) is 49.8 Å². The third-order valence-electron chi connectivity index (χ3n) is 4.01. The molecule has 2 unspecified atom stereocenters. The van der Waals surface area contributed by atoms with Gasteiger partial charge in [-0.1, -0.05) is 13.3 Å². The van der Waals surface area contributed by atoms with Crippen molar-refractivity contribution in [3.05, 3.63) is 23.8 Å². The van der Waals surface area contributed by atoms with Crippen molar-refractivity contribution in [1.82, 2.24) is 5.32 Å². The number of carbonyl (C=O) groups is 1. The van der Waals surface area contributed by atoms with Crippen molar-refractivity contribution in [3.8, 4) is 0 Å². The van der Waals surface area contributed by atoms with Gasteiger partial charge in [-0.25, -0.2) is 0 Å². The average Bonchev–Trinajstić information content (AvgIpc) is 2.82. The molecule has 0 aromatic heterocycles. The normalized spacial score (nSPS) is 21.7. The quantitative estimate of drug-likeness (QED) is 0.724. The Balaban J connectivity index is 2.05. The molecule has 4 nitrogen and oxygen atoms in total. The fourth-order valence-electron chi connectivity index (χ4n) is 2.93. The SMILES string of the molecule is CCNC(=O)c1ccc(N)cc1NCC1CCC(C)C1. The maximum Gasteiger partial charge on any atom is 0.253 e. The highest BCUT2D eigenvalue weighted by atomic mass is 16.1. The summed E-state index contributed by atoms with van der Waals surface area (Å²) in [5, 5.41) is 6.25. The Morgan fingerprint density at radius 1 is 1.40 bits per heavy atom. The molecule has 1 aliphatic carbocycles. The lowest BCUT2D eigenvalue weighted by Gasteiger charge is -2.16. The Hall–Kier alpha value is -1.71. The van der Waals surface area contributed by atoms with Crippen LogP contribution in [-0.2, 0) is 0 Å². The van der Waals surface area contributed by atoms with E-state index in [1.54, 1.807) is 12.1 Å². The first-order chi connectivity index (χ1) is 9.60. The number of rotatable bonds is 5. The Morgan fingerprint density at radius 2 is 2.20 bits per heavy atom. The number of carbonyl (C=O) groups excluding carboxylic acids is 1. The van der Waals surface area contributed by atoms with Gasteiger partial charge in [0.15, 0.2) is 0 Å². The molecule has 0 spiro atoms. The van der Waals surface area contributed by atoms with Gasteiger partial charge in [0.1, 0.15) is 0 Å². The van der Waals surface area contributed by atoms with Gasteiger partial charge < -0.3 is 16.4 Å². The molecule has 0 aliphatic heterocycles. The minimum absolute atomic E-state index is 0.0465. The molecule has 1 saturated carbocycles. The predicted octanol–water partition coefficient (Wildman–Crippen LogP) is 2.87. The molecule has 2 atom stereocenters. The first-order valence-corrected chi connectivity index (χ1v) is 7.51. The number of nitrogen functional groups attached to an aromatic ring is 1. The summed E-state index contributed by atoms with van der Waals surface area (Å²) in [6.07, 6.45) is 3.85. The second-order valence-corrected chi connectivity index (χ2v) is 5.83. The molecule has 1 aromatic carbocycles. The molecular weight excluding hydrogens is 250 g/mol. The molecule has 0 heterocycles. The minimum Gasteiger partial charge on any atom is -0.399 e. The molecule has 1 aliphatic rings. The third-order valence-corrected chi connectivity index (χ3v) is 4.01. The standard InChI is InChI=1S/C16H25N3O/c1-3-18-16(20)14-7-6-13(17)9-15(14)19-10-12-5-4-11(2)8-12/h6-7,9,11-12,19H,3-5,8,10,17H2,1-2H3,(H,18,20). The van der Waals surface area contributed by atoms with Crippen molar-refractivity contribution in [2.24, 2.45) is 11.8 Å². The van der Waals surface area contributed by atoms with Crippen LogP contribution in [0.4, 0.5) is 11.4 Å². The van der Waals surface area contributed by atoms with Gasteiger partial charge in [0.05, 0.1) is 5.56 Å². The van der Waals surface area contributed by atoms with Crippen LogP contribution in [0.1, 0.15) is 43.5 Å². The zero-order valence-electron chi connectivity index (χ0n) is 12.4. The van der Waals surface area contributed by atoms with E-state index in [-0.39, 0.29) is 5.91 Å². The van der Waals surface area contributed by atoms with Crippen LogP contribution < -0.4 is 16.4 Å². The van der Waals surface area contributed by atoms with E-state index in [1.165, 1.54) is 19.3 Å². The maximum absolute atomic E-state index is 12.0. The van der Waals surface area contributed by atoms with Crippen LogP contribution in [0.3, 0.4) is 0 Å². The first kappa shape index (κ1) is 14.7. The number of anilines is 2. The molecule has 0 saturated heterocycles. The number of nitrogens with two attached hydrogens (primary N) is 1. The maximum atomic E-state index is 12.0. The van der Waals surface area contributed by atoms with E-state index in [4.69, 9.17) is 5.73 Å². The van der Waals surface area contributed by atoms with Crippen LogP contribution in [0, 0.1) is 11.8 Å². The largest absolute Gasteiger partial charge is 0.399 e. The first-order valence-electron chi connectivity index (χ1n) is 7.51. The van der Waals surface area contributed by atoms with E-state index >= 15 is 0 Å².